The normalized spacial score (nSPS) is 11.0. The number of nitrogens with zero attached hydrogens (tertiary/aromatic N) is 1. The van der Waals surface area contributed by atoms with Crippen LogP contribution in [0.15, 0.2) is 83.5 Å². The average Bonchev–Trinajstić information content (AvgIpc) is 3.02. The quantitative estimate of drug-likeness (QED) is 0.365. The number of hydrogen-bond acceptors (Lipinski definition) is 1. The van der Waals surface area contributed by atoms with E-state index in [-0.39, 0.29) is 5.78 Å². The molecule has 128 valence electrons. The summed E-state index contributed by atoms with van der Waals surface area (Å²) >= 11 is 3.71. The molecule has 0 N–H and O–H groups in total. The van der Waals surface area contributed by atoms with Crippen LogP contribution >= 0.6 is 15.9 Å². The van der Waals surface area contributed by atoms with Gasteiger partial charge in [0.2, 0.25) is 0 Å². The zero-order valence-corrected chi connectivity index (χ0v) is 16.0. The number of rotatable bonds is 4. The summed E-state index contributed by atoms with van der Waals surface area (Å²) in [6.07, 6.45) is 2.16. The second kappa shape index (κ2) is 6.93. The van der Waals surface area contributed by atoms with E-state index in [9.17, 15) is 4.79 Å². The van der Waals surface area contributed by atoms with E-state index in [1.54, 1.807) is 6.92 Å². The summed E-state index contributed by atoms with van der Waals surface area (Å²) in [7, 11) is 0. The monoisotopic (exact) mass is 403 g/mol. The minimum absolute atomic E-state index is 0.0802. The fourth-order valence-corrected chi connectivity index (χ4v) is 4.02. The maximum Gasteiger partial charge on any atom is 0.160 e. The molecule has 0 saturated heterocycles. The van der Waals surface area contributed by atoms with Crippen LogP contribution in [0.5, 0.6) is 0 Å². The smallest absolute Gasteiger partial charge is 0.160 e. The van der Waals surface area contributed by atoms with E-state index >= 15 is 0 Å². The molecule has 3 aromatic carbocycles. The lowest BCUT2D eigenvalue weighted by molar-refractivity contribution is 0.101. The van der Waals surface area contributed by atoms with Crippen LogP contribution in [0, 0.1) is 0 Å². The number of ketones is 1. The van der Waals surface area contributed by atoms with Crippen molar-refractivity contribution in [1.29, 1.82) is 0 Å². The SMILES string of the molecule is CC(=O)c1ccccc1-c1cn(Cc2ccccc2)c2cccc(Br)c12. The first-order valence-electron chi connectivity index (χ1n) is 8.57. The van der Waals surface area contributed by atoms with Gasteiger partial charge in [0, 0.05) is 33.7 Å². The van der Waals surface area contributed by atoms with Crippen LogP contribution < -0.4 is 0 Å². The minimum atomic E-state index is 0.0802. The number of hydrogen-bond donors (Lipinski definition) is 0. The molecule has 1 aromatic heterocycles. The third-order valence-electron chi connectivity index (χ3n) is 4.65. The fraction of sp³-hybridized carbons (Fsp3) is 0.0870. The molecule has 0 fully saturated rings. The van der Waals surface area contributed by atoms with Gasteiger partial charge in [-0.2, -0.15) is 0 Å². The number of benzene rings is 3. The van der Waals surface area contributed by atoms with Gasteiger partial charge in [0.15, 0.2) is 5.78 Å². The van der Waals surface area contributed by atoms with Crippen LogP contribution in [0.25, 0.3) is 22.0 Å². The fourth-order valence-electron chi connectivity index (χ4n) is 3.45. The van der Waals surface area contributed by atoms with Crippen LogP contribution in [-0.2, 0) is 6.54 Å². The van der Waals surface area contributed by atoms with Gasteiger partial charge >= 0.3 is 0 Å². The van der Waals surface area contributed by atoms with Crippen LogP contribution in [0.1, 0.15) is 22.8 Å². The van der Waals surface area contributed by atoms with Crippen molar-refractivity contribution in [3.05, 3.63) is 94.6 Å². The summed E-state index contributed by atoms with van der Waals surface area (Å²) < 4.78 is 3.29. The number of carbonyl (C=O) groups is 1. The first-order chi connectivity index (χ1) is 12.6. The molecule has 0 saturated carbocycles. The molecule has 0 spiro atoms. The molecule has 0 aliphatic carbocycles. The van der Waals surface area contributed by atoms with Crippen LogP contribution in [0.4, 0.5) is 0 Å². The van der Waals surface area contributed by atoms with Crippen molar-refractivity contribution in [1.82, 2.24) is 4.57 Å². The van der Waals surface area contributed by atoms with Gasteiger partial charge in [-0.15, -0.1) is 0 Å². The predicted molar refractivity (Wildman–Crippen MR) is 111 cm³/mol. The third kappa shape index (κ3) is 2.99. The predicted octanol–water partition coefficient (Wildman–Crippen LogP) is 6.32. The van der Waals surface area contributed by atoms with E-state index in [0.717, 1.165) is 38.6 Å². The molecule has 0 amide bonds. The van der Waals surface area contributed by atoms with Gasteiger partial charge in [-0.3, -0.25) is 4.79 Å². The van der Waals surface area contributed by atoms with Gasteiger partial charge in [-0.25, -0.2) is 0 Å². The Morgan fingerprint density at radius 2 is 1.62 bits per heavy atom. The largest absolute Gasteiger partial charge is 0.342 e. The molecule has 0 unspecified atom stereocenters. The van der Waals surface area contributed by atoms with E-state index in [4.69, 9.17) is 0 Å². The molecule has 26 heavy (non-hydrogen) atoms. The van der Waals surface area contributed by atoms with Crippen molar-refractivity contribution in [3.8, 4) is 11.1 Å². The van der Waals surface area contributed by atoms with Gasteiger partial charge in [0.05, 0.1) is 5.52 Å². The minimum Gasteiger partial charge on any atom is -0.342 e. The lowest BCUT2D eigenvalue weighted by Crippen LogP contribution is -1.97. The summed E-state index contributed by atoms with van der Waals surface area (Å²) in [6.45, 7) is 2.41. The van der Waals surface area contributed by atoms with Gasteiger partial charge in [0.1, 0.15) is 0 Å². The van der Waals surface area contributed by atoms with Crippen molar-refractivity contribution >= 4 is 32.6 Å². The maximum atomic E-state index is 12.1. The summed E-state index contributed by atoms with van der Waals surface area (Å²) in [6, 6.07) is 24.5. The van der Waals surface area contributed by atoms with Crippen LogP contribution in [0.3, 0.4) is 0 Å². The van der Waals surface area contributed by atoms with Gasteiger partial charge in [-0.05, 0) is 30.2 Å². The van der Waals surface area contributed by atoms with Gasteiger partial charge < -0.3 is 4.57 Å². The Kier molecular flexibility index (Phi) is 4.48. The Balaban J connectivity index is 1.95. The highest BCUT2D eigenvalue weighted by atomic mass is 79.9. The first kappa shape index (κ1) is 16.8. The molecule has 3 heteroatoms. The molecule has 0 aliphatic rings. The summed E-state index contributed by atoms with van der Waals surface area (Å²) in [5.74, 6) is 0.0802. The zero-order valence-electron chi connectivity index (χ0n) is 14.4. The van der Waals surface area contributed by atoms with Gasteiger partial charge in [-0.1, -0.05) is 76.6 Å². The van der Waals surface area contributed by atoms with Crippen LogP contribution in [-0.4, -0.2) is 10.4 Å². The average molecular weight is 404 g/mol. The highest BCUT2D eigenvalue weighted by Gasteiger charge is 2.17. The van der Waals surface area contributed by atoms with E-state index in [2.05, 4.69) is 69.2 Å². The summed E-state index contributed by atoms with van der Waals surface area (Å²) in [5.41, 5.74) is 5.20. The molecule has 0 atom stereocenters. The number of halogens is 1. The Hall–Kier alpha value is -2.65. The Bertz CT molecular complexity index is 1100. The first-order valence-corrected chi connectivity index (χ1v) is 9.36. The lowest BCUT2D eigenvalue weighted by Gasteiger charge is -2.06. The third-order valence-corrected chi connectivity index (χ3v) is 5.31. The van der Waals surface area contributed by atoms with E-state index in [1.165, 1.54) is 5.56 Å². The summed E-state index contributed by atoms with van der Waals surface area (Å²) in [4.78, 5) is 12.1. The van der Waals surface area contributed by atoms with Crippen molar-refractivity contribution in [2.75, 3.05) is 0 Å². The number of fused-ring (bicyclic) bond motifs is 1. The standard InChI is InChI=1S/C23H18BrNO/c1-16(26)18-10-5-6-11-19(18)20-15-25(14-17-8-3-2-4-9-17)22-13-7-12-21(24)23(20)22/h2-13,15H,14H2,1H3. The number of aromatic nitrogens is 1. The van der Waals surface area contributed by atoms with E-state index in [0.29, 0.717) is 0 Å². The van der Waals surface area contributed by atoms with Crippen molar-refractivity contribution in [3.63, 3.8) is 0 Å². The second-order valence-electron chi connectivity index (χ2n) is 6.39. The van der Waals surface area contributed by atoms with E-state index in [1.807, 2.05) is 30.3 Å². The van der Waals surface area contributed by atoms with Crippen molar-refractivity contribution in [2.24, 2.45) is 0 Å². The molecule has 4 rings (SSSR count). The Morgan fingerprint density at radius 3 is 2.38 bits per heavy atom. The topological polar surface area (TPSA) is 22.0 Å². The number of carbonyl (C=O) groups excluding carboxylic acids is 1. The molecule has 0 radical (unpaired) electrons. The molecule has 1 heterocycles. The molecular weight excluding hydrogens is 386 g/mol. The maximum absolute atomic E-state index is 12.1. The van der Waals surface area contributed by atoms with Crippen LogP contribution in [0.2, 0.25) is 0 Å². The molecule has 0 bridgehead atoms. The van der Waals surface area contributed by atoms with Crippen molar-refractivity contribution < 1.29 is 4.79 Å². The Labute approximate surface area is 161 Å². The molecule has 2 nitrogen and oxygen atoms in total. The van der Waals surface area contributed by atoms with E-state index < -0.39 is 0 Å². The number of Topliss-reactive ketones (excluding diaryl/α,β-unsaturated/α-hetero) is 1. The molecule has 4 aromatic rings. The molecular formula is C23H18BrNO. The zero-order chi connectivity index (χ0) is 18.1. The second-order valence-corrected chi connectivity index (χ2v) is 7.25. The van der Waals surface area contributed by atoms with Crippen molar-refractivity contribution in [2.45, 2.75) is 13.5 Å². The molecule has 0 aliphatic heterocycles. The lowest BCUT2D eigenvalue weighted by atomic mass is 9.97. The van der Waals surface area contributed by atoms with Gasteiger partial charge in [0.25, 0.3) is 0 Å². The highest BCUT2D eigenvalue weighted by Crippen LogP contribution is 2.37. The Morgan fingerprint density at radius 1 is 0.885 bits per heavy atom. The summed E-state index contributed by atoms with van der Waals surface area (Å²) in [5, 5.41) is 1.14. The highest BCUT2D eigenvalue weighted by molar-refractivity contribution is 9.10.